The van der Waals surface area contributed by atoms with Gasteiger partial charge in [-0.05, 0) is 55.7 Å². The molecule has 2 heterocycles. The smallest absolute Gasteiger partial charge is 0.302 e. The number of anilines is 1. The van der Waals surface area contributed by atoms with Crippen molar-refractivity contribution in [2.24, 2.45) is 0 Å². The van der Waals surface area contributed by atoms with Crippen LogP contribution in [0.25, 0.3) is 0 Å². The summed E-state index contributed by atoms with van der Waals surface area (Å²) >= 11 is 0. The van der Waals surface area contributed by atoms with Gasteiger partial charge in [0.2, 0.25) is 0 Å². The molecule has 2 N–H and O–H groups in total. The van der Waals surface area contributed by atoms with E-state index < -0.39 is 21.6 Å². The Morgan fingerprint density at radius 2 is 2.00 bits per heavy atom. The van der Waals surface area contributed by atoms with Gasteiger partial charge >= 0.3 is 10.2 Å². The highest BCUT2D eigenvalue weighted by molar-refractivity contribution is 7.91. The topological polar surface area (TPSA) is 72.9 Å². The van der Waals surface area contributed by atoms with E-state index in [4.69, 9.17) is 0 Å². The van der Waals surface area contributed by atoms with E-state index >= 15 is 0 Å². The molecule has 1 spiro atoms. The maximum Gasteiger partial charge on any atom is 0.302 e. The summed E-state index contributed by atoms with van der Waals surface area (Å²) in [5.41, 5.74) is 0.862. The molecule has 2 fully saturated rings. The fourth-order valence-corrected chi connectivity index (χ4v) is 6.11. The van der Waals surface area contributed by atoms with Crippen molar-refractivity contribution in [2.75, 3.05) is 17.4 Å². The number of benzene rings is 2. The van der Waals surface area contributed by atoms with Gasteiger partial charge in [0.25, 0.3) is 0 Å². The summed E-state index contributed by atoms with van der Waals surface area (Å²) in [7, 11) is -3.70. The lowest BCUT2D eigenvalue weighted by atomic mass is 9.83. The highest BCUT2D eigenvalue weighted by atomic mass is 32.2. The molecule has 4 rings (SSSR count). The molecule has 8 heteroatoms. The predicted octanol–water partition coefficient (Wildman–Crippen LogP) is 2.61. The number of rotatable bonds is 3. The monoisotopic (exact) mass is 405 g/mol. The Balaban J connectivity index is 1.57. The Bertz CT molecular complexity index is 967. The van der Waals surface area contributed by atoms with E-state index in [2.05, 4.69) is 16.5 Å². The van der Waals surface area contributed by atoms with E-state index in [1.807, 2.05) is 12.1 Å². The van der Waals surface area contributed by atoms with Crippen molar-refractivity contribution in [3.05, 3.63) is 59.9 Å². The van der Waals surface area contributed by atoms with Gasteiger partial charge < -0.3 is 5.11 Å². The number of piperidine rings is 1. The molecule has 2 saturated heterocycles. The van der Waals surface area contributed by atoms with Crippen LogP contribution in [0.1, 0.15) is 25.3 Å². The summed E-state index contributed by atoms with van der Waals surface area (Å²) in [5.74, 6) is -0.213. The van der Waals surface area contributed by atoms with Crippen LogP contribution in [0.4, 0.5) is 10.1 Å². The molecule has 6 nitrogen and oxygen atoms in total. The Labute approximate surface area is 164 Å². The Kier molecular flexibility index (Phi) is 4.81. The van der Waals surface area contributed by atoms with E-state index in [0.29, 0.717) is 25.1 Å². The molecular weight excluding hydrogens is 381 g/mol. The zero-order chi connectivity index (χ0) is 19.9. The number of phenols is 1. The maximum absolute atomic E-state index is 13.8. The summed E-state index contributed by atoms with van der Waals surface area (Å²) in [4.78, 5) is 2.31. The second kappa shape index (κ2) is 7.02. The average Bonchev–Trinajstić information content (AvgIpc) is 2.90. The van der Waals surface area contributed by atoms with Crippen molar-refractivity contribution >= 4 is 15.9 Å². The quantitative estimate of drug-likeness (QED) is 0.823. The Hall–Kier alpha value is -2.16. The fraction of sp³-hybridized carbons (Fsp3) is 0.400. The maximum atomic E-state index is 13.8. The number of hydrogen-bond donors (Lipinski definition) is 2. The minimum atomic E-state index is -3.70. The van der Waals surface area contributed by atoms with Gasteiger partial charge in [0.1, 0.15) is 11.6 Å². The van der Waals surface area contributed by atoms with E-state index in [9.17, 15) is 17.9 Å². The van der Waals surface area contributed by atoms with Gasteiger partial charge in [-0.3, -0.25) is 9.21 Å². The first-order valence-corrected chi connectivity index (χ1v) is 10.8. The van der Waals surface area contributed by atoms with Crippen LogP contribution < -0.4 is 9.03 Å². The molecule has 0 amide bonds. The van der Waals surface area contributed by atoms with Crippen LogP contribution in [0.15, 0.2) is 48.5 Å². The first-order valence-electron chi connectivity index (χ1n) is 9.37. The third-order valence-electron chi connectivity index (χ3n) is 5.78. The number of aromatic hydroxyl groups is 1. The van der Waals surface area contributed by atoms with Crippen LogP contribution in [0.2, 0.25) is 0 Å². The van der Waals surface area contributed by atoms with Crippen LogP contribution in [0.5, 0.6) is 5.75 Å². The first kappa shape index (κ1) is 19.2. The van der Waals surface area contributed by atoms with Gasteiger partial charge in [0.05, 0.1) is 11.2 Å². The molecule has 150 valence electrons. The van der Waals surface area contributed by atoms with Gasteiger partial charge in [0.15, 0.2) is 0 Å². The van der Waals surface area contributed by atoms with Gasteiger partial charge in [-0.15, -0.1) is 0 Å². The van der Waals surface area contributed by atoms with Gasteiger partial charge in [-0.25, -0.2) is 4.39 Å². The number of nitrogens with one attached hydrogen (secondary N) is 1. The number of nitrogens with zero attached hydrogens (tertiary/aromatic N) is 2. The van der Waals surface area contributed by atoms with E-state index in [1.54, 1.807) is 18.2 Å². The summed E-state index contributed by atoms with van der Waals surface area (Å²) in [6, 6.07) is 13.1. The second-order valence-corrected chi connectivity index (χ2v) is 9.34. The van der Waals surface area contributed by atoms with Crippen molar-refractivity contribution in [2.45, 2.75) is 37.9 Å². The molecule has 2 atom stereocenters. The summed E-state index contributed by atoms with van der Waals surface area (Å²) in [5, 5.41) is 9.45. The number of phenolic OH excluding ortho intramolecular Hbond substituents is 1. The lowest BCUT2D eigenvalue weighted by Gasteiger charge is -2.47. The third kappa shape index (κ3) is 3.47. The van der Waals surface area contributed by atoms with E-state index in [-0.39, 0.29) is 11.8 Å². The van der Waals surface area contributed by atoms with Crippen molar-refractivity contribution in [3.8, 4) is 5.75 Å². The summed E-state index contributed by atoms with van der Waals surface area (Å²) < 4.78 is 43.2. The Morgan fingerprint density at radius 1 is 1.25 bits per heavy atom. The molecule has 28 heavy (non-hydrogen) atoms. The van der Waals surface area contributed by atoms with Crippen LogP contribution in [-0.2, 0) is 16.8 Å². The molecule has 0 saturated carbocycles. The molecule has 2 aromatic carbocycles. The average molecular weight is 405 g/mol. The number of halogens is 1. The van der Waals surface area contributed by atoms with Crippen molar-refractivity contribution in [3.63, 3.8) is 0 Å². The normalized spacial score (nSPS) is 27.4. The van der Waals surface area contributed by atoms with E-state index in [0.717, 1.165) is 18.7 Å². The highest BCUT2D eigenvalue weighted by Gasteiger charge is 2.52. The summed E-state index contributed by atoms with van der Waals surface area (Å²) in [6.45, 7) is 3.88. The van der Waals surface area contributed by atoms with Crippen molar-refractivity contribution in [1.29, 1.82) is 0 Å². The lowest BCUT2D eigenvalue weighted by molar-refractivity contribution is 0.106. The SMILES string of the molecule is C[C@H]1C[C@]2(CCN1Cc1ccc(O)cc1)CNS(=O)(=O)N2c1cccc(F)c1. The lowest BCUT2D eigenvalue weighted by Crippen LogP contribution is -2.57. The van der Waals surface area contributed by atoms with Crippen LogP contribution >= 0.6 is 0 Å². The molecule has 0 unspecified atom stereocenters. The number of hydrogen-bond acceptors (Lipinski definition) is 4. The third-order valence-corrected chi connectivity index (χ3v) is 7.37. The molecule has 2 aliphatic rings. The van der Waals surface area contributed by atoms with Crippen molar-refractivity contribution in [1.82, 2.24) is 9.62 Å². The predicted molar refractivity (Wildman–Crippen MR) is 106 cm³/mol. The Morgan fingerprint density at radius 3 is 2.68 bits per heavy atom. The van der Waals surface area contributed by atoms with Gasteiger partial charge in [-0.2, -0.15) is 13.1 Å². The largest absolute Gasteiger partial charge is 0.508 e. The molecule has 2 aliphatic heterocycles. The molecule has 0 aliphatic carbocycles. The van der Waals surface area contributed by atoms with Crippen LogP contribution in [-0.4, -0.2) is 43.1 Å². The number of likely N-dealkylation sites (tertiary alicyclic amines) is 1. The van der Waals surface area contributed by atoms with Crippen LogP contribution in [0, 0.1) is 5.82 Å². The molecule has 0 bridgehead atoms. The zero-order valence-electron chi connectivity index (χ0n) is 15.7. The molecular formula is C20H24FN3O3S. The van der Waals surface area contributed by atoms with Gasteiger partial charge in [0, 0.05) is 25.7 Å². The molecule has 0 radical (unpaired) electrons. The van der Waals surface area contributed by atoms with Gasteiger partial charge in [-0.1, -0.05) is 18.2 Å². The zero-order valence-corrected chi connectivity index (χ0v) is 16.5. The highest BCUT2D eigenvalue weighted by Crippen LogP contribution is 2.41. The first-order chi connectivity index (χ1) is 13.3. The second-order valence-electron chi connectivity index (χ2n) is 7.73. The molecule has 0 aromatic heterocycles. The standard InChI is InChI=1S/C20H24FN3O3S/c1-15-12-20(9-10-23(15)13-16-5-7-19(25)8-6-16)14-22-28(26,27)24(20)18-4-2-3-17(21)11-18/h2-8,11,15,22,25H,9-10,12-14H2,1H3/t15-,20+/m0/s1. The van der Waals surface area contributed by atoms with E-state index in [1.165, 1.54) is 22.5 Å². The van der Waals surface area contributed by atoms with Crippen molar-refractivity contribution < 1.29 is 17.9 Å². The molecule has 2 aromatic rings. The van der Waals surface area contributed by atoms with Crippen LogP contribution in [0.3, 0.4) is 0 Å². The minimum absolute atomic E-state index is 0.147. The summed E-state index contributed by atoms with van der Waals surface area (Å²) in [6.07, 6.45) is 1.30. The minimum Gasteiger partial charge on any atom is -0.508 e. The fourth-order valence-electron chi connectivity index (χ4n) is 4.40.